The van der Waals surface area contributed by atoms with E-state index in [1.165, 1.54) is 21.9 Å². The number of aliphatic hydroxyl groups is 1. The predicted molar refractivity (Wildman–Crippen MR) is 89.0 cm³/mol. The molecule has 1 aliphatic carbocycles. The molecule has 2 N–H and O–H groups in total. The Labute approximate surface area is 138 Å². The second-order valence-electron chi connectivity index (χ2n) is 6.13. The van der Waals surface area contributed by atoms with Gasteiger partial charge in [-0.1, -0.05) is 19.3 Å². The Morgan fingerprint density at radius 2 is 2.22 bits per heavy atom. The van der Waals surface area contributed by atoms with Crippen LogP contribution in [-0.2, 0) is 0 Å². The fraction of sp³-hybridized carbons (Fsp3) is 0.562. The highest BCUT2D eigenvalue weighted by molar-refractivity contribution is 7.16. The first-order valence-corrected chi connectivity index (χ1v) is 8.81. The van der Waals surface area contributed by atoms with Crippen molar-refractivity contribution in [2.24, 2.45) is 5.92 Å². The molecule has 2 atom stereocenters. The zero-order valence-electron chi connectivity index (χ0n) is 13.1. The summed E-state index contributed by atoms with van der Waals surface area (Å²) in [6.45, 7) is 1.96. The number of aryl methyl sites for hydroxylation is 1. The molecule has 7 heteroatoms. The number of hydrogen-bond acceptors (Lipinski definition) is 5. The first kappa shape index (κ1) is 16.1. The molecule has 0 saturated heterocycles. The van der Waals surface area contributed by atoms with E-state index in [0.29, 0.717) is 4.96 Å². The van der Waals surface area contributed by atoms with Gasteiger partial charge in [0.2, 0.25) is 0 Å². The van der Waals surface area contributed by atoms with E-state index in [4.69, 9.17) is 0 Å². The van der Waals surface area contributed by atoms with Crippen LogP contribution < -0.4 is 10.9 Å². The third kappa shape index (κ3) is 3.30. The maximum absolute atomic E-state index is 12.5. The average Bonchev–Trinajstić information content (AvgIpc) is 2.77. The van der Waals surface area contributed by atoms with Gasteiger partial charge in [-0.05, 0) is 19.8 Å². The third-order valence-electron chi connectivity index (χ3n) is 4.48. The molecule has 23 heavy (non-hydrogen) atoms. The number of fused-ring (bicyclic) bond motifs is 1. The van der Waals surface area contributed by atoms with E-state index in [-0.39, 0.29) is 29.7 Å². The van der Waals surface area contributed by atoms with Crippen molar-refractivity contribution in [2.45, 2.75) is 45.1 Å². The van der Waals surface area contributed by atoms with Gasteiger partial charge in [-0.25, -0.2) is 4.98 Å². The zero-order valence-corrected chi connectivity index (χ0v) is 13.9. The Bertz CT molecular complexity index is 768. The van der Waals surface area contributed by atoms with Gasteiger partial charge in [-0.3, -0.25) is 14.0 Å². The van der Waals surface area contributed by atoms with Crippen molar-refractivity contribution < 1.29 is 9.90 Å². The first-order valence-electron chi connectivity index (χ1n) is 7.99. The fourth-order valence-corrected chi connectivity index (χ4v) is 3.98. The molecule has 2 unspecified atom stereocenters. The molecule has 1 fully saturated rings. The topological polar surface area (TPSA) is 83.7 Å². The number of rotatable bonds is 3. The van der Waals surface area contributed by atoms with Crippen LogP contribution in [0.3, 0.4) is 0 Å². The normalized spacial score (nSPS) is 22.0. The highest BCUT2D eigenvalue weighted by Crippen LogP contribution is 2.23. The molecular formula is C16H21N3O3S. The fourth-order valence-electron chi connectivity index (χ4n) is 3.19. The van der Waals surface area contributed by atoms with Gasteiger partial charge in [0.15, 0.2) is 4.96 Å². The zero-order chi connectivity index (χ0) is 16.4. The summed E-state index contributed by atoms with van der Waals surface area (Å²) in [7, 11) is 0. The highest BCUT2D eigenvalue weighted by Gasteiger charge is 2.26. The van der Waals surface area contributed by atoms with Crippen LogP contribution in [0.2, 0.25) is 0 Å². The lowest BCUT2D eigenvalue weighted by Crippen LogP contribution is -2.43. The molecular weight excluding hydrogens is 314 g/mol. The van der Waals surface area contributed by atoms with E-state index >= 15 is 0 Å². The standard InChI is InChI=1S/C16H21N3O3S/c1-10-8-19-15(22)12(7-17-16(19)23-10)14(21)18-13-6-4-2-3-5-11(13)9-20/h7-8,11,13,20H,2-6,9H2,1H3,(H,18,21). The minimum absolute atomic E-state index is 0.0567. The summed E-state index contributed by atoms with van der Waals surface area (Å²) in [4.78, 5) is 30.7. The number of aliphatic hydroxyl groups excluding tert-OH is 1. The van der Waals surface area contributed by atoms with Crippen LogP contribution >= 0.6 is 11.3 Å². The molecule has 2 aromatic rings. The van der Waals surface area contributed by atoms with Crippen molar-refractivity contribution in [2.75, 3.05) is 6.61 Å². The summed E-state index contributed by atoms with van der Waals surface area (Å²) < 4.78 is 1.42. The molecule has 0 spiro atoms. The maximum Gasteiger partial charge on any atom is 0.271 e. The molecule has 0 radical (unpaired) electrons. The Morgan fingerprint density at radius 3 is 3.00 bits per heavy atom. The largest absolute Gasteiger partial charge is 0.396 e. The van der Waals surface area contributed by atoms with E-state index in [0.717, 1.165) is 37.0 Å². The van der Waals surface area contributed by atoms with Crippen molar-refractivity contribution in [1.82, 2.24) is 14.7 Å². The Balaban J connectivity index is 1.85. The quantitative estimate of drug-likeness (QED) is 0.837. The van der Waals surface area contributed by atoms with Crippen molar-refractivity contribution in [3.63, 3.8) is 0 Å². The van der Waals surface area contributed by atoms with Crippen LogP contribution in [0.5, 0.6) is 0 Å². The van der Waals surface area contributed by atoms with Crippen LogP contribution in [0.25, 0.3) is 4.96 Å². The van der Waals surface area contributed by atoms with Crippen molar-refractivity contribution >= 4 is 22.2 Å². The molecule has 0 aromatic carbocycles. The average molecular weight is 335 g/mol. The first-order chi connectivity index (χ1) is 11.1. The number of thiazole rings is 1. The molecule has 1 saturated carbocycles. The van der Waals surface area contributed by atoms with Crippen LogP contribution in [0.15, 0.2) is 17.2 Å². The number of aromatic nitrogens is 2. The number of amides is 1. The molecule has 2 heterocycles. The van der Waals surface area contributed by atoms with Crippen LogP contribution in [0.4, 0.5) is 0 Å². The van der Waals surface area contributed by atoms with Crippen molar-refractivity contribution in [3.05, 3.63) is 33.2 Å². The molecule has 0 bridgehead atoms. The van der Waals surface area contributed by atoms with Crippen LogP contribution in [0, 0.1) is 12.8 Å². The minimum Gasteiger partial charge on any atom is -0.396 e. The second-order valence-corrected chi connectivity index (χ2v) is 7.35. The molecule has 1 aliphatic rings. The van der Waals surface area contributed by atoms with E-state index in [1.807, 2.05) is 6.92 Å². The van der Waals surface area contributed by atoms with Gasteiger partial charge in [-0.15, -0.1) is 11.3 Å². The van der Waals surface area contributed by atoms with E-state index < -0.39 is 5.91 Å². The summed E-state index contributed by atoms with van der Waals surface area (Å²) in [5.41, 5.74) is -0.285. The van der Waals surface area contributed by atoms with E-state index in [2.05, 4.69) is 10.3 Å². The SMILES string of the molecule is Cc1cn2c(=O)c(C(=O)NC3CCCCCC3CO)cnc2s1. The van der Waals surface area contributed by atoms with Gasteiger partial charge in [0.25, 0.3) is 11.5 Å². The third-order valence-corrected chi connectivity index (χ3v) is 5.39. The van der Waals surface area contributed by atoms with Gasteiger partial charge >= 0.3 is 0 Å². The number of hydrogen-bond donors (Lipinski definition) is 2. The number of carbonyl (C=O) groups excluding carboxylic acids is 1. The van der Waals surface area contributed by atoms with Gasteiger partial charge in [0, 0.05) is 35.8 Å². The van der Waals surface area contributed by atoms with Crippen molar-refractivity contribution in [3.8, 4) is 0 Å². The monoisotopic (exact) mass is 335 g/mol. The van der Waals surface area contributed by atoms with Crippen LogP contribution in [-0.4, -0.2) is 33.0 Å². The lowest BCUT2D eigenvalue weighted by molar-refractivity contribution is 0.0897. The number of nitrogens with one attached hydrogen (secondary N) is 1. The number of nitrogens with zero attached hydrogens (tertiary/aromatic N) is 2. The van der Waals surface area contributed by atoms with Gasteiger partial charge in [0.1, 0.15) is 5.56 Å². The van der Waals surface area contributed by atoms with Crippen LogP contribution in [0.1, 0.15) is 47.3 Å². The van der Waals surface area contributed by atoms with Gasteiger partial charge in [0.05, 0.1) is 0 Å². The Morgan fingerprint density at radius 1 is 1.43 bits per heavy atom. The molecule has 3 rings (SSSR count). The summed E-state index contributed by atoms with van der Waals surface area (Å²) in [6.07, 6.45) is 8.02. The minimum atomic E-state index is -0.397. The molecule has 1 amide bonds. The summed E-state index contributed by atoms with van der Waals surface area (Å²) in [5.74, 6) is -0.338. The Hall–Kier alpha value is -1.73. The van der Waals surface area contributed by atoms with E-state index in [1.54, 1.807) is 6.20 Å². The lowest BCUT2D eigenvalue weighted by Gasteiger charge is -2.24. The highest BCUT2D eigenvalue weighted by atomic mass is 32.1. The lowest BCUT2D eigenvalue weighted by atomic mass is 9.95. The Kier molecular flexibility index (Phi) is 4.77. The maximum atomic E-state index is 12.5. The van der Waals surface area contributed by atoms with Gasteiger partial charge in [-0.2, -0.15) is 0 Å². The van der Waals surface area contributed by atoms with E-state index in [9.17, 15) is 14.7 Å². The summed E-state index contributed by atoms with van der Waals surface area (Å²) in [6, 6.07) is -0.0840. The summed E-state index contributed by atoms with van der Waals surface area (Å²) in [5, 5.41) is 12.5. The molecule has 124 valence electrons. The molecule has 6 nitrogen and oxygen atoms in total. The second kappa shape index (κ2) is 6.80. The number of carbonyl (C=O) groups is 1. The smallest absolute Gasteiger partial charge is 0.271 e. The van der Waals surface area contributed by atoms with Crippen molar-refractivity contribution in [1.29, 1.82) is 0 Å². The molecule has 2 aromatic heterocycles. The van der Waals surface area contributed by atoms with Gasteiger partial charge < -0.3 is 10.4 Å². The molecule has 0 aliphatic heterocycles. The predicted octanol–water partition coefficient (Wildman–Crippen LogP) is 1.74. The summed E-state index contributed by atoms with van der Waals surface area (Å²) >= 11 is 1.42.